The number of aromatic nitrogens is 2. The summed E-state index contributed by atoms with van der Waals surface area (Å²) in [5.41, 5.74) is -0.339. The van der Waals surface area contributed by atoms with Crippen LogP contribution < -0.4 is 10.9 Å². The lowest BCUT2D eigenvalue weighted by Crippen LogP contribution is -2.24. The zero-order valence-electron chi connectivity index (χ0n) is 12.5. The molecule has 1 aromatic carbocycles. The van der Waals surface area contributed by atoms with E-state index in [-0.39, 0.29) is 10.7 Å². The van der Waals surface area contributed by atoms with Crippen LogP contribution in [0.2, 0.25) is 5.02 Å². The Labute approximate surface area is 137 Å². The molecular weight excluding hydrogens is 324 g/mol. The van der Waals surface area contributed by atoms with E-state index >= 15 is 0 Å². The SMILES string of the molecule is CCCC1CC1Nc1cnn(-c2ccc(F)cc2F)c(=O)c1Cl. The summed E-state index contributed by atoms with van der Waals surface area (Å²) in [6, 6.07) is 3.21. The van der Waals surface area contributed by atoms with E-state index in [9.17, 15) is 13.6 Å². The van der Waals surface area contributed by atoms with E-state index in [1.54, 1.807) is 0 Å². The van der Waals surface area contributed by atoms with Crippen molar-refractivity contribution < 1.29 is 8.78 Å². The van der Waals surface area contributed by atoms with Gasteiger partial charge in [-0.2, -0.15) is 9.78 Å². The summed E-state index contributed by atoms with van der Waals surface area (Å²) < 4.78 is 27.6. The van der Waals surface area contributed by atoms with Gasteiger partial charge in [-0.3, -0.25) is 4.79 Å². The Hall–Kier alpha value is -1.95. The molecule has 1 saturated carbocycles. The second kappa shape index (κ2) is 6.28. The van der Waals surface area contributed by atoms with Crippen LogP contribution in [0.1, 0.15) is 26.2 Å². The van der Waals surface area contributed by atoms with Gasteiger partial charge in [0.15, 0.2) is 5.82 Å². The van der Waals surface area contributed by atoms with E-state index in [1.807, 2.05) is 0 Å². The Bertz CT molecular complexity index is 793. The standard InChI is InChI=1S/C16H16ClF2N3O/c1-2-3-9-6-12(9)21-13-8-20-22(16(23)15(13)17)14-5-4-10(18)7-11(14)19/h4-5,7-9,12,21H,2-3,6H2,1H3. The van der Waals surface area contributed by atoms with Gasteiger partial charge in [-0.25, -0.2) is 8.78 Å². The van der Waals surface area contributed by atoms with E-state index in [4.69, 9.17) is 11.6 Å². The summed E-state index contributed by atoms with van der Waals surface area (Å²) in [7, 11) is 0. The third-order valence-electron chi connectivity index (χ3n) is 3.98. The molecule has 7 heteroatoms. The molecule has 3 rings (SSSR count). The van der Waals surface area contributed by atoms with E-state index in [0.29, 0.717) is 23.7 Å². The fourth-order valence-electron chi connectivity index (χ4n) is 2.67. The maximum Gasteiger partial charge on any atom is 0.292 e. The zero-order chi connectivity index (χ0) is 16.6. The molecule has 2 aromatic rings. The second-order valence-corrected chi connectivity index (χ2v) is 6.10. The smallest absolute Gasteiger partial charge is 0.292 e. The molecule has 1 heterocycles. The number of anilines is 1. The van der Waals surface area contributed by atoms with Gasteiger partial charge in [0.2, 0.25) is 0 Å². The van der Waals surface area contributed by atoms with Gasteiger partial charge in [0.25, 0.3) is 5.56 Å². The quantitative estimate of drug-likeness (QED) is 0.902. The van der Waals surface area contributed by atoms with Crippen LogP contribution in [0.25, 0.3) is 5.69 Å². The number of nitrogens with zero attached hydrogens (tertiary/aromatic N) is 2. The normalized spacial score (nSPS) is 19.7. The first-order valence-corrected chi connectivity index (χ1v) is 7.89. The highest BCUT2D eigenvalue weighted by molar-refractivity contribution is 6.33. The molecule has 23 heavy (non-hydrogen) atoms. The molecule has 0 bridgehead atoms. The van der Waals surface area contributed by atoms with Gasteiger partial charge in [0.1, 0.15) is 16.5 Å². The molecule has 0 saturated heterocycles. The summed E-state index contributed by atoms with van der Waals surface area (Å²) in [6.07, 6.45) is 4.68. The minimum atomic E-state index is -0.874. The molecule has 2 atom stereocenters. The fraction of sp³-hybridized carbons (Fsp3) is 0.375. The Kier molecular flexibility index (Phi) is 4.35. The highest BCUT2D eigenvalue weighted by Gasteiger charge is 2.36. The second-order valence-electron chi connectivity index (χ2n) is 5.72. The summed E-state index contributed by atoms with van der Waals surface area (Å²) in [6.45, 7) is 2.13. The van der Waals surface area contributed by atoms with Crippen molar-refractivity contribution in [2.45, 2.75) is 32.2 Å². The summed E-state index contributed by atoms with van der Waals surface area (Å²) in [5, 5.41) is 7.10. The van der Waals surface area contributed by atoms with Crippen LogP contribution in [0.4, 0.5) is 14.5 Å². The molecule has 122 valence electrons. The van der Waals surface area contributed by atoms with Crippen molar-refractivity contribution in [3.63, 3.8) is 0 Å². The fourth-order valence-corrected chi connectivity index (χ4v) is 2.86. The number of hydrogen-bond acceptors (Lipinski definition) is 3. The molecule has 0 radical (unpaired) electrons. The van der Waals surface area contributed by atoms with Crippen LogP contribution in [0.15, 0.2) is 29.2 Å². The van der Waals surface area contributed by atoms with Crippen LogP contribution in [0, 0.1) is 17.6 Å². The van der Waals surface area contributed by atoms with Crippen molar-refractivity contribution in [2.75, 3.05) is 5.32 Å². The number of halogens is 3. The van der Waals surface area contributed by atoms with Gasteiger partial charge in [-0.15, -0.1) is 0 Å². The molecule has 1 aromatic heterocycles. The van der Waals surface area contributed by atoms with Gasteiger partial charge >= 0.3 is 0 Å². The topological polar surface area (TPSA) is 46.9 Å². The number of nitrogens with one attached hydrogen (secondary N) is 1. The van der Waals surface area contributed by atoms with Crippen molar-refractivity contribution in [1.29, 1.82) is 0 Å². The van der Waals surface area contributed by atoms with E-state index in [1.165, 1.54) is 6.20 Å². The lowest BCUT2D eigenvalue weighted by atomic mass is 10.2. The number of rotatable bonds is 5. The highest BCUT2D eigenvalue weighted by atomic mass is 35.5. The molecule has 2 unspecified atom stereocenters. The van der Waals surface area contributed by atoms with Crippen molar-refractivity contribution in [3.8, 4) is 5.69 Å². The average Bonchev–Trinajstić information content (AvgIpc) is 3.23. The zero-order valence-corrected chi connectivity index (χ0v) is 13.3. The molecular formula is C16H16ClF2N3O. The van der Waals surface area contributed by atoms with Gasteiger partial charge < -0.3 is 5.32 Å². The van der Waals surface area contributed by atoms with Gasteiger partial charge in [0.05, 0.1) is 11.9 Å². The van der Waals surface area contributed by atoms with Crippen LogP contribution in [-0.2, 0) is 0 Å². The Morgan fingerprint density at radius 1 is 1.43 bits per heavy atom. The molecule has 0 amide bonds. The lowest BCUT2D eigenvalue weighted by Gasteiger charge is -2.10. The van der Waals surface area contributed by atoms with E-state index < -0.39 is 17.2 Å². The largest absolute Gasteiger partial charge is 0.379 e. The highest BCUT2D eigenvalue weighted by Crippen LogP contribution is 2.38. The predicted octanol–water partition coefficient (Wildman–Crippen LogP) is 3.76. The van der Waals surface area contributed by atoms with E-state index in [2.05, 4.69) is 17.3 Å². The maximum absolute atomic E-state index is 13.8. The van der Waals surface area contributed by atoms with Crippen LogP contribution in [-0.4, -0.2) is 15.8 Å². The third kappa shape index (κ3) is 3.22. The minimum absolute atomic E-state index is 0.0501. The summed E-state index contributed by atoms with van der Waals surface area (Å²) in [4.78, 5) is 12.3. The Morgan fingerprint density at radius 3 is 2.91 bits per heavy atom. The molecule has 0 aliphatic heterocycles. The number of benzene rings is 1. The summed E-state index contributed by atoms with van der Waals surface area (Å²) in [5.74, 6) is -1.01. The van der Waals surface area contributed by atoms with E-state index in [0.717, 1.165) is 36.1 Å². The molecule has 1 aliphatic carbocycles. The third-order valence-corrected chi connectivity index (χ3v) is 4.35. The molecule has 0 spiro atoms. The first-order chi connectivity index (χ1) is 11.0. The van der Waals surface area contributed by atoms with Gasteiger partial charge in [-0.05, 0) is 30.9 Å². The van der Waals surface area contributed by atoms with Crippen LogP contribution in [0.3, 0.4) is 0 Å². The summed E-state index contributed by atoms with van der Waals surface area (Å²) >= 11 is 6.10. The first kappa shape index (κ1) is 15.9. The van der Waals surface area contributed by atoms with Gasteiger partial charge in [-0.1, -0.05) is 24.9 Å². The Balaban J connectivity index is 1.88. The molecule has 1 aliphatic rings. The van der Waals surface area contributed by atoms with Crippen LogP contribution in [0.5, 0.6) is 0 Å². The number of hydrogen-bond donors (Lipinski definition) is 1. The minimum Gasteiger partial charge on any atom is -0.379 e. The molecule has 4 nitrogen and oxygen atoms in total. The predicted molar refractivity (Wildman–Crippen MR) is 85.2 cm³/mol. The Morgan fingerprint density at radius 2 is 2.22 bits per heavy atom. The maximum atomic E-state index is 13.8. The van der Waals surface area contributed by atoms with Crippen molar-refractivity contribution in [2.24, 2.45) is 5.92 Å². The molecule has 1 fully saturated rings. The van der Waals surface area contributed by atoms with Crippen LogP contribution >= 0.6 is 11.6 Å². The first-order valence-electron chi connectivity index (χ1n) is 7.51. The van der Waals surface area contributed by atoms with Gasteiger partial charge in [0, 0.05) is 12.1 Å². The average molecular weight is 340 g/mol. The molecule has 1 N–H and O–H groups in total. The van der Waals surface area contributed by atoms with Crippen molar-refractivity contribution in [1.82, 2.24) is 9.78 Å². The van der Waals surface area contributed by atoms with Crippen molar-refractivity contribution in [3.05, 3.63) is 51.4 Å². The monoisotopic (exact) mass is 339 g/mol. The lowest BCUT2D eigenvalue weighted by molar-refractivity contribution is 0.570. The van der Waals surface area contributed by atoms with Crippen molar-refractivity contribution >= 4 is 17.3 Å².